The molecule has 1 saturated carbocycles. The quantitative estimate of drug-likeness (QED) is 0.851. The van der Waals surface area contributed by atoms with Gasteiger partial charge in [-0.05, 0) is 65.9 Å². The van der Waals surface area contributed by atoms with Crippen LogP contribution < -0.4 is 5.32 Å². The third-order valence-corrected chi connectivity index (χ3v) is 5.99. The van der Waals surface area contributed by atoms with E-state index in [0.29, 0.717) is 18.5 Å². The summed E-state index contributed by atoms with van der Waals surface area (Å²) in [6.45, 7) is 4.74. The first-order valence-corrected chi connectivity index (χ1v) is 8.92. The van der Waals surface area contributed by atoms with E-state index in [1.54, 1.807) is 11.3 Å². The topological polar surface area (TPSA) is 32.3 Å². The van der Waals surface area contributed by atoms with E-state index in [1.165, 1.54) is 11.3 Å². The SMILES string of the molecule is CC(NCC(C)(O)c1ccsc1)[C@@H]1C[C@H]1c1cccs1. The van der Waals surface area contributed by atoms with E-state index in [0.717, 1.165) is 11.5 Å². The van der Waals surface area contributed by atoms with Crippen molar-refractivity contribution in [2.24, 2.45) is 5.92 Å². The van der Waals surface area contributed by atoms with Crippen LogP contribution in [0.1, 0.15) is 36.6 Å². The Labute approximate surface area is 128 Å². The lowest BCUT2D eigenvalue weighted by molar-refractivity contribution is 0.0540. The van der Waals surface area contributed by atoms with Gasteiger partial charge in [0.05, 0.1) is 5.60 Å². The largest absolute Gasteiger partial charge is 0.384 e. The smallest absolute Gasteiger partial charge is 0.1000 e. The Morgan fingerprint density at radius 1 is 1.45 bits per heavy atom. The zero-order chi connectivity index (χ0) is 14.2. The molecule has 2 aromatic heterocycles. The first-order valence-electron chi connectivity index (χ1n) is 7.10. The predicted octanol–water partition coefficient (Wildman–Crippen LogP) is 3.80. The van der Waals surface area contributed by atoms with Gasteiger partial charge in [-0.2, -0.15) is 11.3 Å². The molecule has 2 heterocycles. The van der Waals surface area contributed by atoms with E-state index in [-0.39, 0.29) is 0 Å². The van der Waals surface area contributed by atoms with Crippen LogP contribution in [-0.4, -0.2) is 17.7 Å². The van der Waals surface area contributed by atoms with Crippen molar-refractivity contribution in [1.29, 1.82) is 0 Å². The average molecular weight is 307 g/mol. The van der Waals surface area contributed by atoms with Crippen LogP contribution in [0, 0.1) is 5.92 Å². The van der Waals surface area contributed by atoms with Crippen molar-refractivity contribution >= 4 is 22.7 Å². The van der Waals surface area contributed by atoms with E-state index < -0.39 is 5.60 Å². The summed E-state index contributed by atoms with van der Waals surface area (Å²) >= 11 is 3.49. The van der Waals surface area contributed by atoms with E-state index in [1.807, 2.05) is 35.1 Å². The van der Waals surface area contributed by atoms with E-state index >= 15 is 0 Å². The Hall–Kier alpha value is -0.680. The molecule has 0 aliphatic heterocycles. The summed E-state index contributed by atoms with van der Waals surface area (Å²) in [4.78, 5) is 1.51. The molecule has 108 valence electrons. The Kier molecular flexibility index (Phi) is 4.00. The summed E-state index contributed by atoms with van der Waals surface area (Å²) in [5.74, 6) is 1.44. The monoisotopic (exact) mass is 307 g/mol. The van der Waals surface area contributed by atoms with Crippen molar-refractivity contribution in [1.82, 2.24) is 5.32 Å². The molecule has 0 spiro atoms. The third kappa shape index (κ3) is 2.98. The summed E-state index contributed by atoms with van der Waals surface area (Å²) < 4.78 is 0. The number of nitrogens with one attached hydrogen (secondary N) is 1. The standard InChI is InChI=1S/C16H21NOS2/c1-11(13-8-14(13)15-4-3-6-20-15)17-10-16(2,18)12-5-7-19-9-12/h3-7,9,11,13-14,17-18H,8,10H2,1-2H3/t11?,13-,14+,16?/m0/s1. The van der Waals surface area contributed by atoms with Crippen LogP contribution in [0.3, 0.4) is 0 Å². The van der Waals surface area contributed by atoms with Crippen LogP contribution in [0.4, 0.5) is 0 Å². The Morgan fingerprint density at radius 2 is 2.30 bits per heavy atom. The molecular formula is C16H21NOS2. The molecule has 3 rings (SSSR count). The van der Waals surface area contributed by atoms with Gasteiger partial charge in [0.1, 0.15) is 0 Å². The molecule has 0 saturated heterocycles. The maximum absolute atomic E-state index is 10.5. The van der Waals surface area contributed by atoms with Crippen molar-refractivity contribution in [2.75, 3.05) is 6.54 Å². The van der Waals surface area contributed by atoms with Crippen molar-refractivity contribution in [2.45, 2.75) is 37.8 Å². The lowest BCUT2D eigenvalue weighted by atomic mass is 9.98. The fraction of sp³-hybridized carbons (Fsp3) is 0.500. The minimum Gasteiger partial charge on any atom is -0.384 e. The molecule has 2 nitrogen and oxygen atoms in total. The van der Waals surface area contributed by atoms with E-state index in [4.69, 9.17) is 0 Å². The second-order valence-corrected chi connectivity index (χ2v) is 7.74. The van der Waals surface area contributed by atoms with E-state index in [2.05, 4.69) is 29.8 Å². The number of hydrogen-bond donors (Lipinski definition) is 2. The van der Waals surface area contributed by atoms with Crippen molar-refractivity contribution in [3.05, 3.63) is 44.8 Å². The van der Waals surface area contributed by atoms with Crippen molar-refractivity contribution < 1.29 is 5.11 Å². The first-order chi connectivity index (χ1) is 9.58. The molecule has 0 radical (unpaired) electrons. The highest BCUT2D eigenvalue weighted by Crippen LogP contribution is 2.50. The summed E-state index contributed by atoms with van der Waals surface area (Å²) in [6, 6.07) is 6.83. The summed E-state index contributed by atoms with van der Waals surface area (Å²) in [7, 11) is 0. The fourth-order valence-electron chi connectivity index (χ4n) is 2.78. The van der Waals surface area contributed by atoms with Gasteiger partial charge in [0.25, 0.3) is 0 Å². The van der Waals surface area contributed by atoms with Crippen LogP contribution in [0.5, 0.6) is 0 Å². The van der Waals surface area contributed by atoms with Gasteiger partial charge >= 0.3 is 0 Å². The summed E-state index contributed by atoms with van der Waals surface area (Å²) in [5, 5.41) is 20.2. The van der Waals surface area contributed by atoms with Crippen LogP contribution in [0.25, 0.3) is 0 Å². The lowest BCUT2D eigenvalue weighted by Crippen LogP contribution is -2.40. The van der Waals surface area contributed by atoms with Gasteiger partial charge in [0, 0.05) is 17.5 Å². The zero-order valence-corrected chi connectivity index (χ0v) is 13.5. The van der Waals surface area contributed by atoms with Gasteiger partial charge in [-0.3, -0.25) is 0 Å². The van der Waals surface area contributed by atoms with Crippen molar-refractivity contribution in [3.63, 3.8) is 0 Å². The molecule has 4 atom stereocenters. The van der Waals surface area contributed by atoms with E-state index in [9.17, 15) is 5.11 Å². The Balaban J connectivity index is 1.52. The maximum atomic E-state index is 10.5. The van der Waals surface area contributed by atoms with Gasteiger partial charge in [-0.1, -0.05) is 6.07 Å². The van der Waals surface area contributed by atoms with Gasteiger partial charge in [-0.25, -0.2) is 0 Å². The molecule has 1 aliphatic rings. The van der Waals surface area contributed by atoms with Crippen LogP contribution in [0.2, 0.25) is 0 Å². The van der Waals surface area contributed by atoms with Gasteiger partial charge in [-0.15, -0.1) is 11.3 Å². The minimum absolute atomic E-state index is 0.451. The molecule has 1 fully saturated rings. The molecule has 2 aromatic rings. The predicted molar refractivity (Wildman–Crippen MR) is 86.5 cm³/mol. The normalized spacial score (nSPS) is 26.1. The molecule has 20 heavy (non-hydrogen) atoms. The second kappa shape index (κ2) is 5.60. The van der Waals surface area contributed by atoms with Gasteiger partial charge in [0.2, 0.25) is 0 Å². The van der Waals surface area contributed by atoms with Gasteiger partial charge in [0.15, 0.2) is 0 Å². The summed E-state index contributed by atoms with van der Waals surface area (Å²) in [5.41, 5.74) is 0.231. The first kappa shape index (κ1) is 14.3. The number of hydrogen-bond acceptors (Lipinski definition) is 4. The number of thiophene rings is 2. The van der Waals surface area contributed by atoms with Crippen LogP contribution in [-0.2, 0) is 5.60 Å². The molecule has 0 bridgehead atoms. The molecule has 4 heteroatoms. The maximum Gasteiger partial charge on any atom is 0.1000 e. The second-order valence-electron chi connectivity index (χ2n) is 5.98. The number of aliphatic hydroxyl groups is 1. The third-order valence-electron chi connectivity index (χ3n) is 4.30. The number of rotatable bonds is 6. The van der Waals surface area contributed by atoms with Crippen molar-refractivity contribution in [3.8, 4) is 0 Å². The highest BCUT2D eigenvalue weighted by molar-refractivity contribution is 7.10. The van der Waals surface area contributed by atoms with Crippen LogP contribution in [0.15, 0.2) is 34.3 Å². The summed E-state index contributed by atoms with van der Waals surface area (Å²) in [6.07, 6.45) is 1.27. The molecule has 2 unspecified atom stereocenters. The van der Waals surface area contributed by atoms with Crippen LogP contribution >= 0.6 is 22.7 Å². The Bertz CT molecular complexity index is 533. The molecular weight excluding hydrogens is 286 g/mol. The molecule has 0 aromatic carbocycles. The highest BCUT2D eigenvalue weighted by atomic mass is 32.1. The average Bonchev–Trinajstić information content (AvgIpc) is 2.90. The zero-order valence-electron chi connectivity index (χ0n) is 11.9. The Morgan fingerprint density at radius 3 is 2.95 bits per heavy atom. The molecule has 2 N–H and O–H groups in total. The molecule has 0 amide bonds. The highest BCUT2D eigenvalue weighted by Gasteiger charge is 2.42. The minimum atomic E-state index is -0.776. The van der Waals surface area contributed by atoms with Gasteiger partial charge < -0.3 is 10.4 Å². The lowest BCUT2D eigenvalue weighted by Gasteiger charge is -2.25. The molecule has 1 aliphatic carbocycles. The fourth-order valence-corrected chi connectivity index (χ4v) is 4.48.